The molecule has 12 heteroatoms. The molecule has 0 saturated heterocycles. The fourth-order valence-electron chi connectivity index (χ4n) is 24.3. The Bertz CT molecular complexity index is 8600. The molecule has 6 heterocycles. The summed E-state index contributed by atoms with van der Waals surface area (Å²) in [5.41, 5.74) is 40.5. The number of fused-ring (bicyclic) bond motifs is 12. The first kappa shape index (κ1) is 85.7. The fraction of sp³-hybridized carbons (Fsp3) is 0.143. The van der Waals surface area contributed by atoms with Crippen LogP contribution in [0.4, 0.5) is 17.1 Å². The number of carbonyl (C=O) groups is 6. The van der Waals surface area contributed by atoms with Gasteiger partial charge in [0.05, 0.1) is 101 Å². The van der Waals surface area contributed by atoms with Gasteiger partial charge in [0.25, 0.3) is 35.4 Å². The Labute approximate surface area is 802 Å². The molecular weight excluding hydrogens is 1690 g/mol. The highest BCUT2D eigenvalue weighted by Crippen LogP contribution is 2.52. The number of hydrogen-bond donors (Lipinski definition) is 0. The number of nitrogens with zero attached hydrogens (tertiary/aromatic N) is 6. The van der Waals surface area contributed by atoms with E-state index in [2.05, 4.69) is 256 Å². The summed E-state index contributed by atoms with van der Waals surface area (Å²) in [6, 6.07) is 105. The lowest BCUT2D eigenvalue weighted by Crippen LogP contribution is -2.31. The van der Waals surface area contributed by atoms with Crippen molar-refractivity contribution in [2.75, 3.05) is 14.7 Å². The highest BCUT2D eigenvalue weighted by atomic mass is 16.2. The van der Waals surface area contributed by atoms with Crippen molar-refractivity contribution >= 4 is 118 Å². The number of para-hydroxylation sites is 6. The van der Waals surface area contributed by atoms with Crippen molar-refractivity contribution in [1.29, 1.82) is 0 Å². The van der Waals surface area contributed by atoms with Crippen molar-refractivity contribution in [2.24, 2.45) is 0 Å². The van der Waals surface area contributed by atoms with Gasteiger partial charge in [-0.2, -0.15) is 0 Å². The van der Waals surface area contributed by atoms with Crippen LogP contribution in [0, 0.1) is 96.9 Å². The SMILES string of the molecule is Cc1cc(C)c(-c2cccc3c4cccc(-c5c(C)cc(CCc6cc(C)c(N7C(=O)c8cccc(-n9c%10ccccc%10c%10cccc(-c%11c(C)cc(CCc%12cc(C)c(N%13C(=O)c%14cccc(-n%15c%16c(-c%17ccccc%17)cccc%16c%16cccc(-c%17ccccc%17)c%16%15)c%14C%13=O)c(C)c%12)cc%11C)c%109)c8C7=O)c(C)c6)cc5C)c4n(-c4cccc5c4C(=O)N(c4c(C)cc(C)cc4C)C5=O)c23)c(C)c1. The van der Waals surface area contributed by atoms with E-state index in [0.717, 1.165) is 217 Å². The predicted molar refractivity (Wildman–Crippen MR) is 563 cm³/mol. The minimum Gasteiger partial charge on any atom is -0.308 e. The first-order chi connectivity index (χ1) is 66.8. The number of hydrogen-bond acceptors (Lipinski definition) is 6. The molecule has 0 saturated carbocycles. The van der Waals surface area contributed by atoms with Crippen LogP contribution in [0.15, 0.2) is 303 Å². The molecule has 12 nitrogen and oxygen atoms in total. The molecule has 670 valence electrons. The highest BCUT2D eigenvalue weighted by Gasteiger charge is 2.45. The van der Waals surface area contributed by atoms with Crippen LogP contribution < -0.4 is 14.7 Å². The molecule has 0 fully saturated rings. The van der Waals surface area contributed by atoms with E-state index in [9.17, 15) is 4.79 Å². The van der Waals surface area contributed by atoms with E-state index in [4.69, 9.17) is 0 Å². The van der Waals surface area contributed by atoms with Gasteiger partial charge in [-0.3, -0.25) is 28.8 Å². The van der Waals surface area contributed by atoms with Crippen molar-refractivity contribution in [3.05, 3.63) is 437 Å². The van der Waals surface area contributed by atoms with Crippen LogP contribution in [0.5, 0.6) is 0 Å². The molecule has 20 aromatic rings. The van der Waals surface area contributed by atoms with Crippen LogP contribution in [0.3, 0.4) is 0 Å². The summed E-state index contributed by atoms with van der Waals surface area (Å²) in [6.07, 6.45) is 2.85. The molecule has 3 aliphatic rings. The number of imide groups is 3. The molecule has 0 radical (unpaired) electrons. The zero-order valence-corrected chi connectivity index (χ0v) is 79.8. The van der Waals surface area contributed by atoms with Crippen molar-refractivity contribution < 1.29 is 28.8 Å². The smallest absolute Gasteiger partial charge is 0.268 e. The Morgan fingerprint density at radius 3 is 0.754 bits per heavy atom. The third-order valence-electron chi connectivity index (χ3n) is 29.4. The van der Waals surface area contributed by atoms with E-state index in [0.29, 0.717) is 80.3 Å². The molecule has 17 aromatic carbocycles. The summed E-state index contributed by atoms with van der Waals surface area (Å²) in [6.45, 7) is 29.2. The van der Waals surface area contributed by atoms with Crippen LogP contribution in [0.25, 0.3) is 138 Å². The Morgan fingerprint density at radius 1 is 0.188 bits per heavy atom. The third-order valence-corrected chi connectivity index (χ3v) is 29.4. The van der Waals surface area contributed by atoms with E-state index >= 15 is 24.0 Å². The average molecular weight is 1790 g/mol. The molecule has 23 rings (SSSR count). The van der Waals surface area contributed by atoms with Crippen LogP contribution in [-0.4, -0.2) is 49.1 Å². The zero-order chi connectivity index (χ0) is 95.1. The second-order valence-electron chi connectivity index (χ2n) is 38.6. The van der Waals surface area contributed by atoms with Crippen LogP contribution in [0.2, 0.25) is 0 Å². The number of aromatic nitrogens is 3. The van der Waals surface area contributed by atoms with Gasteiger partial charge in [-0.05, 0) is 282 Å². The maximum absolute atomic E-state index is 15.8. The maximum Gasteiger partial charge on any atom is 0.268 e. The lowest BCUT2D eigenvalue weighted by atomic mass is 9.90. The Hall–Kier alpha value is -16.4. The van der Waals surface area contributed by atoms with Gasteiger partial charge >= 0.3 is 0 Å². The maximum atomic E-state index is 15.8. The summed E-state index contributed by atoms with van der Waals surface area (Å²) < 4.78 is 6.72. The summed E-state index contributed by atoms with van der Waals surface area (Å²) in [7, 11) is 0. The van der Waals surface area contributed by atoms with Crippen LogP contribution in [-0.2, 0) is 25.7 Å². The van der Waals surface area contributed by atoms with Gasteiger partial charge in [0.2, 0.25) is 0 Å². The normalized spacial score (nSPS) is 13.2. The van der Waals surface area contributed by atoms with E-state index in [1.807, 2.05) is 139 Å². The fourth-order valence-corrected chi connectivity index (χ4v) is 24.3. The first-order valence-electron chi connectivity index (χ1n) is 47.7. The standard InChI is InChI=1S/C126H100N6O6/c1-69-57-71(3)107(72(4)58-69)98-44-26-41-95-96-42-27-45-99(120(96)129(119(95)98)106-52-30-48-102-112(106)125(137)130(122(102)134)113-77(9)59-70(2)60-78(113)10)109-75(7)63-84(64-76(109)8)54-56-85-65-79(11)114(80(12)66-85)131-121(133)100-46-28-50-104(110(100)124(131)136)127-103-49-22-21-35-91(103)92-38-25-43-97(118(92)127)108-73(5)61-83(62-74(108)6)53-55-86-67-81(13)115(82(14)68-86)132-123(135)101-47-29-51-105(111(101)126(132)138)128-116-89(87-31-17-15-18-32-87)36-23-39-93(116)94-40-24-37-90(117(94)128)88-33-19-16-20-34-88/h15-52,57-68H,53-56H2,1-14H3. The molecule has 6 amide bonds. The lowest BCUT2D eigenvalue weighted by Gasteiger charge is -2.21. The summed E-state index contributed by atoms with van der Waals surface area (Å²) in [4.78, 5) is 96.7. The van der Waals surface area contributed by atoms with E-state index in [1.165, 1.54) is 31.4 Å². The molecule has 0 unspecified atom stereocenters. The number of amides is 6. The van der Waals surface area contributed by atoms with Crippen molar-refractivity contribution in [2.45, 2.75) is 123 Å². The number of aryl methyl sites for hydroxylation is 18. The molecular formula is C126H100N6O6. The largest absolute Gasteiger partial charge is 0.308 e. The predicted octanol–water partition coefficient (Wildman–Crippen LogP) is 29.6. The minimum atomic E-state index is -0.375. The molecule has 0 aliphatic carbocycles. The number of rotatable bonds is 17. The van der Waals surface area contributed by atoms with Crippen molar-refractivity contribution in [3.8, 4) is 72.7 Å². The van der Waals surface area contributed by atoms with Gasteiger partial charge in [0.1, 0.15) is 0 Å². The van der Waals surface area contributed by atoms with Gasteiger partial charge in [-0.25, -0.2) is 14.7 Å². The molecule has 0 atom stereocenters. The van der Waals surface area contributed by atoms with Crippen LogP contribution >= 0.6 is 0 Å². The number of carbonyl (C=O) groups excluding carboxylic acids is 6. The van der Waals surface area contributed by atoms with Crippen molar-refractivity contribution in [1.82, 2.24) is 13.7 Å². The Morgan fingerprint density at radius 2 is 0.420 bits per heavy atom. The van der Waals surface area contributed by atoms with Gasteiger partial charge in [-0.1, -0.05) is 272 Å². The van der Waals surface area contributed by atoms with Crippen LogP contribution in [0.1, 0.15) is 162 Å². The minimum absolute atomic E-state index is 0.338. The van der Waals surface area contributed by atoms with E-state index in [1.54, 1.807) is 18.2 Å². The van der Waals surface area contributed by atoms with E-state index < -0.39 is 0 Å². The molecule has 3 aromatic heterocycles. The second-order valence-corrected chi connectivity index (χ2v) is 38.6. The average Bonchev–Trinajstić information content (AvgIpc) is 1.57. The summed E-state index contributed by atoms with van der Waals surface area (Å²) in [5.74, 6) is -2.14. The number of anilines is 3. The Kier molecular flexibility index (Phi) is 20.3. The second kappa shape index (κ2) is 32.7. The number of benzene rings is 17. The van der Waals surface area contributed by atoms with Gasteiger partial charge in [-0.15, -0.1) is 0 Å². The zero-order valence-electron chi connectivity index (χ0n) is 79.8. The highest BCUT2D eigenvalue weighted by molar-refractivity contribution is 6.39. The van der Waals surface area contributed by atoms with E-state index in [-0.39, 0.29) is 35.4 Å². The van der Waals surface area contributed by atoms with Gasteiger partial charge < -0.3 is 13.7 Å². The van der Waals surface area contributed by atoms with Gasteiger partial charge in [0, 0.05) is 60.1 Å². The quantitative estimate of drug-likeness (QED) is 0.0836. The first-order valence-corrected chi connectivity index (χ1v) is 47.7. The molecule has 3 aliphatic heterocycles. The molecule has 138 heavy (non-hydrogen) atoms. The van der Waals surface area contributed by atoms with Gasteiger partial charge in [0.15, 0.2) is 0 Å². The molecule has 0 spiro atoms. The Balaban J connectivity index is 0.528. The molecule has 0 N–H and O–H groups in total. The monoisotopic (exact) mass is 1790 g/mol. The molecule has 0 bridgehead atoms. The third kappa shape index (κ3) is 13.2. The summed E-state index contributed by atoms with van der Waals surface area (Å²) in [5, 5.41) is 6.19. The topological polar surface area (TPSA) is 127 Å². The lowest BCUT2D eigenvalue weighted by molar-refractivity contribution is 0.0910. The van der Waals surface area contributed by atoms with Crippen molar-refractivity contribution in [3.63, 3.8) is 0 Å². The summed E-state index contributed by atoms with van der Waals surface area (Å²) >= 11 is 0.